The van der Waals surface area contributed by atoms with Gasteiger partial charge in [-0.15, -0.1) is 0 Å². The Morgan fingerprint density at radius 2 is 1.79 bits per heavy atom. The monoisotopic (exact) mass is 476 g/mol. The Labute approximate surface area is 202 Å². The maximum atomic E-state index is 15.0. The van der Waals surface area contributed by atoms with Crippen molar-refractivity contribution in [1.29, 1.82) is 0 Å². The minimum Gasteiger partial charge on any atom is -0.486 e. The van der Waals surface area contributed by atoms with Crippen molar-refractivity contribution >= 4 is 19.0 Å². The molecule has 0 bridgehead atoms. The van der Waals surface area contributed by atoms with Crippen molar-refractivity contribution in [3.8, 4) is 16.9 Å². The molecule has 0 radical (unpaired) electrons. The number of halogens is 1. The summed E-state index contributed by atoms with van der Waals surface area (Å²) in [5.41, 5.74) is 4.87. The molecule has 0 spiro atoms. The van der Waals surface area contributed by atoms with E-state index in [0.29, 0.717) is 13.3 Å². The summed E-state index contributed by atoms with van der Waals surface area (Å²) in [6, 6.07) is 20.5. The molecule has 0 unspecified atom stereocenters. The third kappa shape index (κ3) is 5.93. The third-order valence-electron chi connectivity index (χ3n) is 5.94. The van der Waals surface area contributed by atoms with Gasteiger partial charge in [0.25, 0.3) is 0 Å². The first kappa shape index (κ1) is 24.2. The molecule has 3 aromatic carbocycles. The van der Waals surface area contributed by atoms with Gasteiger partial charge in [0.05, 0.1) is 11.7 Å². The Hall–Kier alpha value is -2.96. The second-order valence-corrected chi connectivity index (χ2v) is 15.5. The highest BCUT2D eigenvalue weighted by Gasteiger charge is 2.15. The molecule has 4 aromatic rings. The lowest BCUT2D eigenvalue weighted by Crippen LogP contribution is -2.22. The van der Waals surface area contributed by atoms with E-state index >= 15 is 4.39 Å². The van der Waals surface area contributed by atoms with Crippen LogP contribution >= 0.6 is 0 Å². The number of hydrogen-bond acceptors (Lipinski definition) is 3. The molecule has 4 nitrogen and oxygen atoms in total. The largest absolute Gasteiger partial charge is 0.486 e. The molecule has 0 saturated carbocycles. The van der Waals surface area contributed by atoms with E-state index in [2.05, 4.69) is 37.7 Å². The number of rotatable bonds is 10. The summed E-state index contributed by atoms with van der Waals surface area (Å²) in [7, 11) is -1.13. The number of aryl methyl sites for hydroxylation is 1. The van der Waals surface area contributed by atoms with Gasteiger partial charge in [-0.3, -0.25) is 0 Å². The van der Waals surface area contributed by atoms with E-state index < -0.39 is 8.07 Å². The predicted molar refractivity (Wildman–Crippen MR) is 139 cm³/mol. The van der Waals surface area contributed by atoms with Crippen molar-refractivity contribution in [2.24, 2.45) is 0 Å². The Bertz CT molecular complexity index is 1250. The lowest BCUT2D eigenvalue weighted by Gasteiger charge is -2.16. The van der Waals surface area contributed by atoms with E-state index in [1.165, 1.54) is 0 Å². The second kappa shape index (κ2) is 10.5. The molecule has 0 atom stereocenters. The van der Waals surface area contributed by atoms with Crippen molar-refractivity contribution in [1.82, 2.24) is 9.78 Å². The molecule has 1 aromatic heterocycles. The van der Waals surface area contributed by atoms with Crippen LogP contribution in [0.15, 0.2) is 66.9 Å². The smallest absolute Gasteiger partial charge is 0.165 e. The van der Waals surface area contributed by atoms with Crippen LogP contribution < -0.4 is 4.74 Å². The molecule has 0 aliphatic carbocycles. The zero-order valence-corrected chi connectivity index (χ0v) is 21.5. The first-order chi connectivity index (χ1) is 16.3. The summed E-state index contributed by atoms with van der Waals surface area (Å²) in [5, 5.41) is 5.54. The molecule has 0 aliphatic rings. The van der Waals surface area contributed by atoms with Crippen LogP contribution in [0.1, 0.15) is 18.1 Å². The van der Waals surface area contributed by atoms with E-state index in [-0.39, 0.29) is 11.6 Å². The average Bonchev–Trinajstić information content (AvgIpc) is 3.23. The van der Waals surface area contributed by atoms with Crippen LogP contribution in [0.2, 0.25) is 25.7 Å². The van der Waals surface area contributed by atoms with Crippen molar-refractivity contribution in [2.45, 2.75) is 52.4 Å². The minimum absolute atomic E-state index is 0.284. The highest BCUT2D eigenvalue weighted by atomic mass is 28.3. The predicted octanol–water partition coefficient (Wildman–Crippen LogP) is 7.30. The lowest BCUT2D eigenvalue weighted by atomic mass is 9.96. The molecule has 0 amide bonds. The normalized spacial score (nSPS) is 11.8. The molecular weight excluding hydrogens is 443 g/mol. The van der Waals surface area contributed by atoms with Gasteiger partial charge in [-0.1, -0.05) is 69.0 Å². The first-order valence-electron chi connectivity index (χ1n) is 11.9. The number of nitrogens with zero attached hydrogens (tertiary/aromatic N) is 2. The standard InChI is InChI=1S/C28H33FN2O2Si/c1-5-22-16-28(33-19-21-9-7-6-8-10-21)26(29)17-25(22)23-11-12-24-18-30-31(27(24)15-23)20-32-13-14-34(2,3)4/h6-12,15-18H,5,13-14,19-20H2,1-4H3. The van der Waals surface area contributed by atoms with E-state index in [4.69, 9.17) is 9.47 Å². The summed E-state index contributed by atoms with van der Waals surface area (Å²) in [4.78, 5) is 0. The number of ether oxygens (including phenoxy) is 2. The third-order valence-corrected chi connectivity index (χ3v) is 7.65. The van der Waals surface area contributed by atoms with E-state index in [1.54, 1.807) is 6.07 Å². The highest BCUT2D eigenvalue weighted by Crippen LogP contribution is 2.33. The van der Waals surface area contributed by atoms with Gasteiger partial charge in [0.15, 0.2) is 11.6 Å². The topological polar surface area (TPSA) is 36.3 Å². The van der Waals surface area contributed by atoms with Gasteiger partial charge in [-0.05, 0) is 52.9 Å². The molecule has 0 N–H and O–H groups in total. The molecule has 1 heterocycles. The molecular formula is C28H33FN2O2Si. The van der Waals surface area contributed by atoms with Crippen LogP contribution in [0.3, 0.4) is 0 Å². The zero-order chi connectivity index (χ0) is 24.1. The maximum absolute atomic E-state index is 15.0. The maximum Gasteiger partial charge on any atom is 0.165 e. The fourth-order valence-electron chi connectivity index (χ4n) is 3.87. The highest BCUT2D eigenvalue weighted by molar-refractivity contribution is 6.76. The van der Waals surface area contributed by atoms with Crippen LogP contribution in [0, 0.1) is 5.82 Å². The molecule has 6 heteroatoms. The Morgan fingerprint density at radius 3 is 2.53 bits per heavy atom. The van der Waals surface area contributed by atoms with Gasteiger partial charge < -0.3 is 9.47 Å². The summed E-state index contributed by atoms with van der Waals surface area (Å²) < 4.78 is 28.6. The molecule has 34 heavy (non-hydrogen) atoms. The molecule has 0 saturated heterocycles. The number of hydrogen-bond donors (Lipinski definition) is 0. The molecule has 178 valence electrons. The van der Waals surface area contributed by atoms with Gasteiger partial charge in [0.2, 0.25) is 0 Å². The fourth-order valence-corrected chi connectivity index (χ4v) is 4.63. The van der Waals surface area contributed by atoms with Gasteiger partial charge in [0, 0.05) is 20.1 Å². The quantitative estimate of drug-likeness (QED) is 0.178. The average molecular weight is 477 g/mol. The van der Waals surface area contributed by atoms with Gasteiger partial charge in [0.1, 0.15) is 13.3 Å². The van der Waals surface area contributed by atoms with Crippen molar-refractivity contribution in [3.63, 3.8) is 0 Å². The summed E-state index contributed by atoms with van der Waals surface area (Å²) >= 11 is 0. The van der Waals surface area contributed by atoms with Crippen molar-refractivity contribution < 1.29 is 13.9 Å². The Balaban J connectivity index is 1.56. The number of aromatic nitrogens is 2. The molecule has 0 aliphatic heterocycles. The Kier molecular flexibility index (Phi) is 7.49. The van der Waals surface area contributed by atoms with Gasteiger partial charge in [-0.2, -0.15) is 5.10 Å². The van der Waals surface area contributed by atoms with Crippen LogP contribution in [0.4, 0.5) is 4.39 Å². The van der Waals surface area contributed by atoms with E-state index in [1.807, 2.05) is 59.4 Å². The SMILES string of the molecule is CCc1cc(OCc2ccccc2)c(F)cc1-c1ccc2cnn(COCC[Si](C)(C)C)c2c1. The van der Waals surface area contributed by atoms with Crippen LogP contribution in [-0.4, -0.2) is 24.5 Å². The van der Waals surface area contributed by atoms with Gasteiger partial charge >= 0.3 is 0 Å². The van der Waals surface area contributed by atoms with Gasteiger partial charge in [-0.25, -0.2) is 9.07 Å². The molecule has 0 fully saturated rings. The molecule has 4 rings (SSSR count). The second-order valence-electron chi connectivity index (χ2n) is 9.83. The van der Waals surface area contributed by atoms with E-state index in [0.717, 1.165) is 52.2 Å². The minimum atomic E-state index is -1.13. The summed E-state index contributed by atoms with van der Waals surface area (Å²) in [6.07, 6.45) is 2.62. The number of fused-ring (bicyclic) bond motifs is 1. The Morgan fingerprint density at radius 1 is 1.00 bits per heavy atom. The first-order valence-corrected chi connectivity index (χ1v) is 15.6. The van der Waals surface area contributed by atoms with Crippen LogP contribution in [-0.2, 0) is 24.5 Å². The van der Waals surface area contributed by atoms with Crippen LogP contribution in [0.5, 0.6) is 5.75 Å². The van der Waals surface area contributed by atoms with Crippen LogP contribution in [0.25, 0.3) is 22.0 Å². The fraction of sp³-hybridized carbons (Fsp3) is 0.321. The number of benzene rings is 3. The van der Waals surface area contributed by atoms with Crippen molar-refractivity contribution in [2.75, 3.05) is 6.61 Å². The summed E-state index contributed by atoms with van der Waals surface area (Å²) in [6.45, 7) is 10.6. The van der Waals surface area contributed by atoms with E-state index in [9.17, 15) is 0 Å². The lowest BCUT2D eigenvalue weighted by molar-refractivity contribution is 0.0817. The zero-order valence-electron chi connectivity index (χ0n) is 20.5. The summed E-state index contributed by atoms with van der Waals surface area (Å²) in [5.74, 6) is -0.0715. The van der Waals surface area contributed by atoms with Crippen molar-refractivity contribution in [3.05, 3.63) is 83.8 Å².